The molecule has 0 radical (unpaired) electrons. The van der Waals surface area contributed by atoms with Gasteiger partial charge in [-0.3, -0.25) is 9.69 Å². The highest BCUT2D eigenvalue weighted by Gasteiger charge is 2.27. The summed E-state index contributed by atoms with van der Waals surface area (Å²) in [5, 5.41) is 6.63. The molecule has 1 fully saturated rings. The van der Waals surface area contributed by atoms with E-state index in [1.165, 1.54) is 12.8 Å². The molecule has 0 saturated carbocycles. The van der Waals surface area contributed by atoms with Gasteiger partial charge in [0, 0.05) is 18.6 Å². The Balaban J connectivity index is 2.55. The molecular formula is C17H35N3O. The van der Waals surface area contributed by atoms with Crippen molar-refractivity contribution in [2.75, 3.05) is 19.6 Å². The van der Waals surface area contributed by atoms with Crippen LogP contribution in [0.25, 0.3) is 0 Å². The minimum atomic E-state index is -0.0498. The Bertz CT molecular complexity index is 300. The standard InChI is InChI=1S/C17H35N3O/c1-6-8-14(4)19-17(21)15(5)20(13(2)3)12-16-9-7-10-18-11-16/h13-16,18H,6-12H2,1-5H3,(H,19,21). The van der Waals surface area contributed by atoms with Gasteiger partial charge in [-0.25, -0.2) is 0 Å². The van der Waals surface area contributed by atoms with Gasteiger partial charge in [0.1, 0.15) is 0 Å². The summed E-state index contributed by atoms with van der Waals surface area (Å²) in [6.45, 7) is 13.9. The van der Waals surface area contributed by atoms with Crippen molar-refractivity contribution in [2.45, 2.75) is 78.4 Å². The maximum atomic E-state index is 12.4. The third kappa shape index (κ3) is 6.35. The fraction of sp³-hybridized carbons (Fsp3) is 0.941. The van der Waals surface area contributed by atoms with Crippen LogP contribution in [0.3, 0.4) is 0 Å². The molecule has 0 aromatic rings. The minimum Gasteiger partial charge on any atom is -0.352 e. The van der Waals surface area contributed by atoms with E-state index in [9.17, 15) is 4.79 Å². The van der Waals surface area contributed by atoms with Crippen molar-refractivity contribution in [3.05, 3.63) is 0 Å². The largest absolute Gasteiger partial charge is 0.352 e. The predicted molar refractivity (Wildman–Crippen MR) is 89.4 cm³/mol. The third-order valence-electron chi connectivity index (χ3n) is 4.52. The summed E-state index contributed by atoms with van der Waals surface area (Å²) in [4.78, 5) is 14.8. The summed E-state index contributed by atoms with van der Waals surface area (Å²) in [5.74, 6) is 0.845. The Hall–Kier alpha value is -0.610. The third-order valence-corrected chi connectivity index (χ3v) is 4.52. The van der Waals surface area contributed by atoms with Crippen LogP contribution in [0, 0.1) is 5.92 Å². The molecule has 4 nitrogen and oxygen atoms in total. The number of carbonyl (C=O) groups is 1. The molecule has 3 unspecified atom stereocenters. The highest BCUT2D eigenvalue weighted by molar-refractivity contribution is 5.81. The number of nitrogens with zero attached hydrogens (tertiary/aromatic N) is 1. The molecule has 0 bridgehead atoms. The molecule has 1 amide bonds. The number of hydrogen-bond acceptors (Lipinski definition) is 3. The SMILES string of the molecule is CCCC(C)NC(=O)C(C)N(CC1CCCNC1)C(C)C. The lowest BCUT2D eigenvalue weighted by atomic mass is 9.97. The van der Waals surface area contributed by atoms with Crippen LogP contribution in [0.4, 0.5) is 0 Å². The first kappa shape index (κ1) is 18.4. The number of hydrogen-bond donors (Lipinski definition) is 2. The quantitative estimate of drug-likeness (QED) is 0.723. The van der Waals surface area contributed by atoms with Gasteiger partial charge in [-0.15, -0.1) is 0 Å². The van der Waals surface area contributed by atoms with Crippen LogP contribution in [0.2, 0.25) is 0 Å². The van der Waals surface area contributed by atoms with E-state index in [-0.39, 0.29) is 18.0 Å². The Morgan fingerprint density at radius 3 is 2.57 bits per heavy atom. The van der Waals surface area contributed by atoms with E-state index in [0.29, 0.717) is 12.0 Å². The van der Waals surface area contributed by atoms with Crippen LogP contribution in [0.15, 0.2) is 0 Å². The Morgan fingerprint density at radius 1 is 1.33 bits per heavy atom. The van der Waals surface area contributed by atoms with Crippen molar-refractivity contribution in [2.24, 2.45) is 5.92 Å². The van der Waals surface area contributed by atoms with Crippen molar-refractivity contribution < 1.29 is 4.79 Å². The van der Waals surface area contributed by atoms with Crippen molar-refractivity contribution in [1.82, 2.24) is 15.5 Å². The molecular weight excluding hydrogens is 262 g/mol. The second-order valence-electron chi connectivity index (χ2n) is 6.88. The first-order chi connectivity index (χ1) is 9.95. The van der Waals surface area contributed by atoms with Crippen molar-refractivity contribution >= 4 is 5.91 Å². The van der Waals surface area contributed by atoms with Gasteiger partial charge in [-0.1, -0.05) is 13.3 Å². The Morgan fingerprint density at radius 2 is 2.05 bits per heavy atom. The molecule has 1 rings (SSSR count). The van der Waals surface area contributed by atoms with Crippen molar-refractivity contribution in [1.29, 1.82) is 0 Å². The van der Waals surface area contributed by atoms with Gasteiger partial charge in [-0.2, -0.15) is 0 Å². The second kappa shape index (κ2) is 9.42. The lowest BCUT2D eigenvalue weighted by Gasteiger charge is -2.36. The summed E-state index contributed by atoms with van der Waals surface area (Å²) in [5.41, 5.74) is 0. The molecule has 3 atom stereocenters. The minimum absolute atomic E-state index is 0.0498. The molecule has 1 saturated heterocycles. The fourth-order valence-electron chi connectivity index (χ4n) is 3.21. The summed E-state index contributed by atoms with van der Waals surface area (Å²) < 4.78 is 0. The van der Waals surface area contributed by atoms with Crippen molar-refractivity contribution in [3.63, 3.8) is 0 Å². The van der Waals surface area contributed by atoms with E-state index in [4.69, 9.17) is 0 Å². The van der Waals surface area contributed by atoms with E-state index >= 15 is 0 Å². The first-order valence-electron chi connectivity index (χ1n) is 8.72. The molecule has 2 N–H and O–H groups in total. The lowest BCUT2D eigenvalue weighted by Crippen LogP contribution is -2.52. The molecule has 0 aliphatic carbocycles. The highest BCUT2D eigenvalue weighted by atomic mass is 16.2. The molecule has 124 valence electrons. The molecule has 1 aliphatic rings. The lowest BCUT2D eigenvalue weighted by molar-refractivity contribution is -0.127. The van der Waals surface area contributed by atoms with E-state index in [0.717, 1.165) is 32.5 Å². The van der Waals surface area contributed by atoms with Gasteiger partial charge in [-0.05, 0) is 66.0 Å². The zero-order chi connectivity index (χ0) is 15.8. The summed E-state index contributed by atoms with van der Waals surface area (Å²) >= 11 is 0. The highest BCUT2D eigenvalue weighted by Crippen LogP contribution is 2.16. The van der Waals surface area contributed by atoms with Gasteiger partial charge in [0.05, 0.1) is 6.04 Å². The van der Waals surface area contributed by atoms with E-state index < -0.39 is 0 Å². The number of carbonyl (C=O) groups excluding carboxylic acids is 1. The molecule has 0 spiro atoms. The molecule has 4 heteroatoms. The average molecular weight is 297 g/mol. The monoisotopic (exact) mass is 297 g/mol. The summed E-state index contributed by atoms with van der Waals surface area (Å²) in [7, 11) is 0. The van der Waals surface area contributed by atoms with Gasteiger partial charge in [0.25, 0.3) is 0 Å². The van der Waals surface area contributed by atoms with Gasteiger partial charge < -0.3 is 10.6 Å². The molecule has 0 aromatic carbocycles. The van der Waals surface area contributed by atoms with E-state index in [1.54, 1.807) is 0 Å². The molecule has 1 aliphatic heterocycles. The molecule has 0 aromatic heterocycles. The van der Waals surface area contributed by atoms with Crippen LogP contribution >= 0.6 is 0 Å². The molecule has 1 heterocycles. The van der Waals surface area contributed by atoms with Crippen molar-refractivity contribution in [3.8, 4) is 0 Å². The number of nitrogens with one attached hydrogen (secondary N) is 2. The average Bonchev–Trinajstić information content (AvgIpc) is 2.45. The fourth-order valence-corrected chi connectivity index (χ4v) is 3.21. The number of rotatable bonds is 8. The Kier molecular flexibility index (Phi) is 8.27. The van der Waals surface area contributed by atoms with E-state index in [1.807, 2.05) is 6.92 Å². The maximum absolute atomic E-state index is 12.4. The van der Waals surface area contributed by atoms with Gasteiger partial charge in [0.15, 0.2) is 0 Å². The van der Waals surface area contributed by atoms with Crippen LogP contribution in [0.5, 0.6) is 0 Å². The second-order valence-corrected chi connectivity index (χ2v) is 6.88. The number of piperidine rings is 1. The predicted octanol–water partition coefficient (Wildman–Crippen LogP) is 2.39. The van der Waals surface area contributed by atoms with Gasteiger partial charge >= 0.3 is 0 Å². The molecule has 21 heavy (non-hydrogen) atoms. The normalized spacial score (nSPS) is 22.3. The zero-order valence-corrected chi connectivity index (χ0v) is 14.6. The van der Waals surface area contributed by atoms with Crippen LogP contribution in [-0.4, -0.2) is 48.6 Å². The topological polar surface area (TPSA) is 44.4 Å². The van der Waals surface area contributed by atoms with E-state index in [2.05, 4.69) is 43.2 Å². The smallest absolute Gasteiger partial charge is 0.237 e. The first-order valence-corrected chi connectivity index (χ1v) is 8.72. The summed E-state index contributed by atoms with van der Waals surface area (Å²) in [6.07, 6.45) is 4.69. The zero-order valence-electron chi connectivity index (χ0n) is 14.6. The van der Waals surface area contributed by atoms with Crippen LogP contribution in [-0.2, 0) is 4.79 Å². The van der Waals surface area contributed by atoms with Crippen LogP contribution in [0.1, 0.15) is 60.3 Å². The summed E-state index contributed by atoms with van der Waals surface area (Å²) in [6, 6.07) is 0.621. The maximum Gasteiger partial charge on any atom is 0.237 e. The van der Waals surface area contributed by atoms with Crippen LogP contribution < -0.4 is 10.6 Å². The Labute approximate surface area is 131 Å². The van der Waals surface area contributed by atoms with Gasteiger partial charge in [0.2, 0.25) is 5.91 Å². The number of amides is 1.